The number of hydrogen-bond acceptors (Lipinski definition) is 2. The second kappa shape index (κ2) is 13.1. The van der Waals surface area contributed by atoms with Crippen LogP contribution in [0.25, 0.3) is 127 Å². The van der Waals surface area contributed by atoms with Crippen LogP contribution >= 0.6 is 0 Å². The fourth-order valence-electron chi connectivity index (χ4n) is 12.9. The van der Waals surface area contributed by atoms with Gasteiger partial charge in [0.05, 0.1) is 27.7 Å². The maximum atomic E-state index is 5.82. The van der Waals surface area contributed by atoms with Gasteiger partial charge < -0.3 is 4.57 Å². The molecule has 3 heteroatoms. The third-order valence-corrected chi connectivity index (χ3v) is 15.5. The van der Waals surface area contributed by atoms with Gasteiger partial charge in [0, 0.05) is 38.5 Å². The van der Waals surface area contributed by atoms with Gasteiger partial charge in [0.15, 0.2) is 5.82 Å². The lowest BCUT2D eigenvalue weighted by Gasteiger charge is -2.31. The van der Waals surface area contributed by atoms with Crippen LogP contribution < -0.4 is 0 Å². The molecule has 16 rings (SSSR count). The van der Waals surface area contributed by atoms with Crippen molar-refractivity contribution in [3.63, 3.8) is 0 Å². The van der Waals surface area contributed by atoms with E-state index < -0.39 is 5.41 Å². The number of fused-ring (bicyclic) bond motifs is 18. The minimum absolute atomic E-state index is 0.642. The average Bonchev–Trinajstić information content (AvgIpc) is 4.10. The van der Waals surface area contributed by atoms with Crippen LogP contribution in [-0.2, 0) is 5.41 Å². The first-order valence-corrected chi connectivity index (χ1v) is 23.6. The Labute approximate surface area is 391 Å². The van der Waals surface area contributed by atoms with Gasteiger partial charge in [-0.1, -0.05) is 182 Å². The summed E-state index contributed by atoms with van der Waals surface area (Å²) in [5.41, 5.74) is 21.9. The van der Waals surface area contributed by atoms with Crippen LogP contribution in [0.15, 0.2) is 224 Å². The van der Waals surface area contributed by atoms with E-state index in [1.165, 1.54) is 110 Å². The second-order valence-corrected chi connectivity index (χ2v) is 18.7. The highest BCUT2D eigenvalue weighted by Gasteiger charge is 2.53. The van der Waals surface area contributed by atoms with Crippen molar-refractivity contribution in [3.8, 4) is 72.8 Å². The van der Waals surface area contributed by atoms with Crippen LogP contribution in [0.4, 0.5) is 0 Å². The Morgan fingerprint density at radius 1 is 0.338 bits per heavy atom. The highest BCUT2D eigenvalue weighted by Crippen LogP contribution is 2.67. The molecule has 3 aliphatic rings. The number of nitrogens with zero attached hydrogens (tertiary/aromatic N) is 3. The van der Waals surface area contributed by atoms with Crippen LogP contribution in [-0.4, -0.2) is 14.5 Å². The second-order valence-electron chi connectivity index (χ2n) is 18.7. The number of hydrogen-bond donors (Lipinski definition) is 0. The Morgan fingerprint density at radius 3 is 1.72 bits per heavy atom. The Hall–Kier alpha value is -8.92. The summed E-state index contributed by atoms with van der Waals surface area (Å²) in [6.07, 6.45) is 0. The van der Waals surface area contributed by atoms with Crippen molar-refractivity contribution in [3.05, 3.63) is 247 Å². The molecule has 0 atom stereocenters. The lowest BCUT2D eigenvalue weighted by atomic mass is 9.69. The zero-order chi connectivity index (χ0) is 44.2. The molecule has 0 saturated heterocycles. The first kappa shape index (κ1) is 36.3. The van der Waals surface area contributed by atoms with Crippen molar-refractivity contribution < 1.29 is 0 Å². The smallest absolute Gasteiger partial charge is 0.161 e. The molecule has 312 valence electrons. The van der Waals surface area contributed by atoms with Gasteiger partial charge in [0.1, 0.15) is 0 Å². The summed E-state index contributed by atoms with van der Waals surface area (Å²) in [4.78, 5) is 11.5. The monoisotopic (exact) mass is 859 g/mol. The lowest BCUT2D eigenvalue weighted by Crippen LogP contribution is -2.26. The van der Waals surface area contributed by atoms with E-state index >= 15 is 0 Å². The van der Waals surface area contributed by atoms with E-state index in [1.54, 1.807) is 0 Å². The molecule has 0 unspecified atom stereocenters. The molecule has 13 aromatic rings. The van der Waals surface area contributed by atoms with Gasteiger partial charge in [-0.3, -0.25) is 0 Å². The van der Waals surface area contributed by atoms with E-state index in [-0.39, 0.29) is 0 Å². The topological polar surface area (TPSA) is 30.7 Å². The molecule has 2 heterocycles. The van der Waals surface area contributed by atoms with Crippen molar-refractivity contribution in [1.82, 2.24) is 14.5 Å². The van der Waals surface area contributed by atoms with Crippen molar-refractivity contribution in [2.24, 2.45) is 0 Å². The van der Waals surface area contributed by atoms with Gasteiger partial charge in [-0.05, 0) is 125 Å². The summed E-state index contributed by atoms with van der Waals surface area (Å²) >= 11 is 0. The Kier molecular flexibility index (Phi) is 7.01. The summed E-state index contributed by atoms with van der Waals surface area (Å²) < 4.78 is 2.47. The van der Waals surface area contributed by atoms with E-state index in [1.807, 2.05) is 0 Å². The number of para-hydroxylation sites is 3. The number of aromatic nitrogens is 3. The Morgan fingerprint density at radius 2 is 0.956 bits per heavy atom. The minimum atomic E-state index is -0.642. The SMILES string of the molecule is c1ccc2c(c1)-c1ccccc1C21c2cc(-n3c4ccccc4c4ccccc43)ccc2-c2c1cc1c(c2-c2nc(-c3ccc4ccccc4c3)c3ccccc3n2)-c2cccc3cccc-1c23. The normalized spacial score (nSPS) is 13.4. The first-order valence-electron chi connectivity index (χ1n) is 23.6. The largest absolute Gasteiger partial charge is 0.309 e. The van der Waals surface area contributed by atoms with Gasteiger partial charge >= 0.3 is 0 Å². The van der Waals surface area contributed by atoms with E-state index in [0.29, 0.717) is 0 Å². The summed E-state index contributed by atoms with van der Waals surface area (Å²) in [6.45, 7) is 0. The molecule has 0 aliphatic heterocycles. The van der Waals surface area contributed by atoms with Crippen molar-refractivity contribution in [2.45, 2.75) is 5.41 Å². The Balaban J connectivity index is 1.09. The molecule has 68 heavy (non-hydrogen) atoms. The van der Waals surface area contributed by atoms with Gasteiger partial charge in [0.25, 0.3) is 0 Å². The van der Waals surface area contributed by atoms with Crippen molar-refractivity contribution in [2.75, 3.05) is 0 Å². The van der Waals surface area contributed by atoms with E-state index in [0.717, 1.165) is 39.2 Å². The van der Waals surface area contributed by atoms with Gasteiger partial charge in [-0.25, -0.2) is 9.97 Å². The molecule has 0 bridgehead atoms. The van der Waals surface area contributed by atoms with Crippen molar-refractivity contribution in [1.29, 1.82) is 0 Å². The van der Waals surface area contributed by atoms with Crippen LogP contribution in [0.5, 0.6) is 0 Å². The third-order valence-electron chi connectivity index (χ3n) is 15.5. The quantitative estimate of drug-likeness (QED) is 0.177. The maximum absolute atomic E-state index is 5.82. The molecule has 0 N–H and O–H groups in total. The van der Waals surface area contributed by atoms with Gasteiger partial charge in [-0.2, -0.15) is 0 Å². The standard InChI is InChI=1S/C65H37N3/c1-2-16-40-35-41(32-31-38(40)15-1)63-49-23-5-10-28-56(49)66-64(67-63)62-60-50-25-14-18-39-17-13-24-47(59(39)50)51(60)37-55-61(62)48-34-33-42(68-57-29-11-6-21-45(57)46-22-7-12-30-58(46)68)36-54(48)65(55)52-26-8-3-19-43(52)44-20-4-9-27-53(44)65/h1-37H. The summed E-state index contributed by atoms with van der Waals surface area (Å²) in [5, 5.41) is 8.45. The molecule has 2 aromatic heterocycles. The predicted octanol–water partition coefficient (Wildman–Crippen LogP) is 16.4. The zero-order valence-electron chi connectivity index (χ0n) is 36.7. The summed E-state index contributed by atoms with van der Waals surface area (Å²) in [5.74, 6) is 0.735. The molecule has 0 radical (unpaired) electrons. The molecular formula is C65H37N3. The fraction of sp³-hybridized carbons (Fsp3) is 0.0154. The van der Waals surface area contributed by atoms with E-state index in [2.05, 4.69) is 229 Å². The molecule has 0 saturated carbocycles. The van der Waals surface area contributed by atoms with Crippen LogP contribution in [0.2, 0.25) is 0 Å². The van der Waals surface area contributed by atoms with E-state index in [4.69, 9.17) is 9.97 Å². The van der Waals surface area contributed by atoms with E-state index in [9.17, 15) is 0 Å². The average molecular weight is 860 g/mol. The zero-order valence-corrected chi connectivity index (χ0v) is 36.7. The highest BCUT2D eigenvalue weighted by molar-refractivity contribution is 6.21. The fourth-order valence-corrected chi connectivity index (χ4v) is 12.9. The van der Waals surface area contributed by atoms with Crippen molar-refractivity contribution >= 4 is 54.3 Å². The number of rotatable bonds is 3. The molecule has 0 amide bonds. The van der Waals surface area contributed by atoms with Gasteiger partial charge in [0.2, 0.25) is 0 Å². The third kappa shape index (κ3) is 4.53. The summed E-state index contributed by atoms with van der Waals surface area (Å²) in [7, 11) is 0. The molecule has 3 nitrogen and oxygen atoms in total. The molecular weight excluding hydrogens is 823 g/mol. The molecule has 0 fully saturated rings. The van der Waals surface area contributed by atoms with Gasteiger partial charge in [-0.15, -0.1) is 0 Å². The lowest BCUT2D eigenvalue weighted by molar-refractivity contribution is 0.793. The summed E-state index contributed by atoms with van der Waals surface area (Å²) in [6, 6.07) is 83.2. The molecule has 11 aromatic carbocycles. The minimum Gasteiger partial charge on any atom is -0.309 e. The molecule has 3 aliphatic carbocycles. The predicted molar refractivity (Wildman–Crippen MR) is 280 cm³/mol. The highest BCUT2D eigenvalue weighted by atomic mass is 15.0. The van der Waals surface area contributed by atoms with Crippen LogP contribution in [0.1, 0.15) is 22.3 Å². The van der Waals surface area contributed by atoms with Crippen LogP contribution in [0, 0.1) is 0 Å². The van der Waals surface area contributed by atoms with Crippen LogP contribution in [0.3, 0.4) is 0 Å². The molecule has 1 spiro atoms. The number of benzene rings is 11. The first-order chi connectivity index (χ1) is 33.7. The Bertz CT molecular complexity index is 4290. The maximum Gasteiger partial charge on any atom is 0.161 e.